The van der Waals surface area contributed by atoms with E-state index in [-0.39, 0.29) is 5.41 Å². The van der Waals surface area contributed by atoms with Crippen molar-refractivity contribution in [2.24, 2.45) is 0 Å². The lowest BCUT2D eigenvalue weighted by Gasteiger charge is -2.33. The number of rotatable bonds is 6. The number of nitrogens with zero attached hydrogens (tertiary/aromatic N) is 2. The summed E-state index contributed by atoms with van der Waals surface area (Å²) in [5.74, 6) is 0. The van der Waals surface area contributed by atoms with Crippen molar-refractivity contribution in [1.82, 2.24) is 0 Å². The zero-order valence-corrected chi connectivity index (χ0v) is 37.2. The van der Waals surface area contributed by atoms with Crippen LogP contribution in [-0.2, 0) is 10.8 Å². The standard InChI is InChI=1S/C64H44N2O/c1-63(2)55-25-13-9-21-47(55)50-33-29-43(37-58(50)63)66(46-32-36-54-53-24-12-16-28-61(53)67-62(54)40-46)45-31-35-52-49-23-11-15-27-57(49)64(60(52)39-45)56-26-14-10-22-48(56)51-34-30-44(38-59(51)64)65(41-17-5-3-6-18-41)42-19-7-4-8-20-42/h3-40H,1-2H3. The molecule has 0 aliphatic heterocycles. The molecule has 1 atom stereocenters. The van der Waals surface area contributed by atoms with Gasteiger partial charge in [0.2, 0.25) is 0 Å². The second kappa shape index (κ2) is 14.1. The highest BCUT2D eigenvalue weighted by atomic mass is 16.3. The lowest BCUT2D eigenvalue weighted by atomic mass is 9.70. The molecular formula is C64H44N2O. The molecule has 14 rings (SSSR count). The number of benzene rings is 10. The monoisotopic (exact) mass is 856 g/mol. The number of hydrogen-bond acceptors (Lipinski definition) is 3. The Kier molecular flexibility index (Phi) is 7.95. The van der Waals surface area contributed by atoms with Gasteiger partial charge in [-0.15, -0.1) is 0 Å². The summed E-state index contributed by atoms with van der Waals surface area (Å²) >= 11 is 0. The Labute approximate surface area is 390 Å². The molecule has 3 aliphatic rings. The van der Waals surface area contributed by atoms with Crippen LogP contribution in [0.4, 0.5) is 34.1 Å². The molecule has 1 aromatic heterocycles. The highest BCUT2D eigenvalue weighted by Crippen LogP contribution is 2.64. The Bertz CT molecular complexity index is 3760. The van der Waals surface area contributed by atoms with Crippen molar-refractivity contribution in [3.8, 4) is 33.4 Å². The molecule has 0 saturated heterocycles. The first-order chi connectivity index (χ1) is 33.0. The number of furan rings is 1. The van der Waals surface area contributed by atoms with E-state index in [1.807, 2.05) is 6.07 Å². The van der Waals surface area contributed by atoms with Gasteiger partial charge in [-0.2, -0.15) is 0 Å². The third-order valence-electron chi connectivity index (χ3n) is 15.0. The predicted molar refractivity (Wildman–Crippen MR) is 277 cm³/mol. The van der Waals surface area contributed by atoms with Gasteiger partial charge in [-0.3, -0.25) is 0 Å². The largest absolute Gasteiger partial charge is 0.456 e. The van der Waals surface area contributed by atoms with E-state index < -0.39 is 5.41 Å². The molecule has 3 nitrogen and oxygen atoms in total. The maximum Gasteiger partial charge on any atom is 0.137 e. The second-order valence-electron chi connectivity index (χ2n) is 18.8. The highest BCUT2D eigenvalue weighted by Gasteiger charge is 2.52. The Morgan fingerprint density at radius 1 is 0.284 bits per heavy atom. The molecule has 0 radical (unpaired) electrons. The van der Waals surface area contributed by atoms with E-state index in [0.29, 0.717) is 0 Å². The Hall–Kier alpha value is -8.40. The second-order valence-corrected chi connectivity index (χ2v) is 18.8. The fourth-order valence-corrected chi connectivity index (χ4v) is 12.1. The van der Waals surface area contributed by atoms with Crippen LogP contribution < -0.4 is 9.80 Å². The van der Waals surface area contributed by atoms with Gasteiger partial charge in [0.05, 0.1) is 5.41 Å². The lowest BCUT2D eigenvalue weighted by Crippen LogP contribution is -2.26. The van der Waals surface area contributed by atoms with E-state index in [1.54, 1.807) is 0 Å². The van der Waals surface area contributed by atoms with E-state index in [9.17, 15) is 0 Å². The Balaban J connectivity index is 1.02. The number of anilines is 6. The predicted octanol–water partition coefficient (Wildman–Crippen LogP) is 17.2. The zero-order chi connectivity index (χ0) is 44.4. The van der Waals surface area contributed by atoms with Crippen molar-refractivity contribution in [2.75, 3.05) is 9.80 Å². The zero-order valence-electron chi connectivity index (χ0n) is 37.2. The fraction of sp³-hybridized carbons (Fsp3) is 0.0625. The summed E-state index contributed by atoms with van der Waals surface area (Å²) in [7, 11) is 0. The van der Waals surface area contributed by atoms with Crippen molar-refractivity contribution in [3.05, 3.63) is 264 Å². The van der Waals surface area contributed by atoms with Crippen molar-refractivity contribution in [3.63, 3.8) is 0 Å². The van der Waals surface area contributed by atoms with Gasteiger partial charge in [0.1, 0.15) is 11.2 Å². The van der Waals surface area contributed by atoms with Gasteiger partial charge in [-0.25, -0.2) is 0 Å². The third kappa shape index (κ3) is 5.28. The van der Waals surface area contributed by atoms with Crippen molar-refractivity contribution in [2.45, 2.75) is 24.7 Å². The van der Waals surface area contributed by atoms with Crippen LogP contribution in [0.2, 0.25) is 0 Å². The van der Waals surface area contributed by atoms with Crippen molar-refractivity contribution in [1.29, 1.82) is 0 Å². The quantitative estimate of drug-likeness (QED) is 0.166. The maximum atomic E-state index is 6.60. The molecule has 0 saturated carbocycles. The maximum absolute atomic E-state index is 6.60. The van der Waals surface area contributed by atoms with Crippen LogP contribution in [0, 0.1) is 0 Å². The Morgan fingerprint density at radius 3 is 1.25 bits per heavy atom. The molecule has 1 unspecified atom stereocenters. The molecule has 316 valence electrons. The lowest BCUT2D eigenvalue weighted by molar-refractivity contribution is 0.660. The van der Waals surface area contributed by atoms with Crippen LogP contribution in [0.15, 0.2) is 235 Å². The van der Waals surface area contributed by atoms with E-state index in [0.717, 1.165) is 56.1 Å². The average molecular weight is 857 g/mol. The van der Waals surface area contributed by atoms with Crippen LogP contribution in [0.3, 0.4) is 0 Å². The van der Waals surface area contributed by atoms with Gasteiger partial charge in [-0.1, -0.05) is 159 Å². The van der Waals surface area contributed by atoms with Crippen LogP contribution in [-0.4, -0.2) is 0 Å². The SMILES string of the molecule is CC1(C)c2ccccc2-c2ccc(N(c3ccc4c(c3)C3(c5ccccc5-c5ccc(N(c6ccccc6)c6ccccc6)cc53)c3ccccc3-4)c3ccc4c(c3)oc3ccccc34)cc21. The number of para-hydroxylation sites is 3. The summed E-state index contributed by atoms with van der Waals surface area (Å²) < 4.78 is 6.60. The Morgan fingerprint density at radius 2 is 0.672 bits per heavy atom. The highest BCUT2D eigenvalue weighted by molar-refractivity contribution is 6.06. The molecule has 11 aromatic rings. The first-order valence-corrected chi connectivity index (χ1v) is 23.3. The van der Waals surface area contributed by atoms with Crippen LogP contribution in [0.1, 0.15) is 47.2 Å². The molecule has 3 heteroatoms. The summed E-state index contributed by atoms with van der Waals surface area (Å²) in [4.78, 5) is 4.84. The fourth-order valence-electron chi connectivity index (χ4n) is 12.1. The summed E-state index contributed by atoms with van der Waals surface area (Å²) in [6.45, 7) is 4.73. The molecule has 0 amide bonds. The molecule has 67 heavy (non-hydrogen) atoms. The minimum Gasteiger partial charge on any atom is -0.456 e. The normalized spacial score (nSPS) is 15.5. The van der Waals surface area contributed by atoms with Crippen LogP contribution in [0.5, 0.6) is 0 Å². The molecule has 1 spiro atoms. The number of fused-ring (bicyclic) bond motifs is 16. The molecule has 0 fully saturated rings. The van der Waals surface area contributed by atoms with Gasteiger partial charge in [0.25, 0.3) is 0 Å². The smallest absolute Gasteiger partial charge is 0.137 e. The minimum atomic E-state index is -0.584. The van der Waals surface area contributed by atoms with Crippen LogP contribution in [0.25, 0.3) is 55.3 Å². The van der Waals surface area contributed by atoms with Crippen molar-refractivity contribution < 1.29 is 4.42 Å². The van der Waals surface area contributed by atoms with E-state index in [4.69, 9.17) is 4.42 Å². The van der Waals surface area contributed by atoms with Crippen LogP contribution >= 0.6 is 0 Å². The van der Waals surface area contributed by atoms with Gasteiger partial charge < -0.3 is 14.2 Å². The third-order valence-corrected chi connectivity index (χ3v) is 15.0. The summed E-state index contributed by atoms with van der Waals surface area (Å²) in [6, 6.07) is 85.1. The molecule has 0 bridgehead atoms. The van der Waals surface area contributed by atoms with Gasteiger partial charge in [0.15, 0.2) is 0 Å². The van der Waals surface area contributed by atoms with E-state index in [2.05, 4.69) is 248 Å². The average Bonchev–Trinajstić information content (AvgIpc) is 4.06. The number of hydrogen-bond donors (Lipinski definition) is 0. The summed E-state index contributed by atoms with van der Waals surface area (Å²) in [5.41, 5.74) is 23.2. The molecule has 3 aliphatic carbocycles. The molecular weight excluding hydrogens is 813 g/mol. The molecule has 10 aromatic carbocycles. The van der Waals surface area contributed by atoms with E-state index in [1.165, 1.54) is 66.8 Å². The van der Waals surface area contributed by atoms with E-state index >= 15 is 0 Å². The first kappa shape index (κ1) is 37.9. The minimum absolute atomic E-state index is 0.164. The van der Waals surface area contributed by atoms with Crippen molar-refractivity contribution >= 4 is 56.1 Å². The molecule has 0 N–H and O–H groups in total. The van der Waals surface area contributed by atoms with Gasteiger partial charge in [-0.05, 0) is 146 Å². The van der Waals surface area contributed by atoms with Gasteiger partial charge in [0, 0.05) is 56.4 Å². The molecule has 1 heterocycles. The van der Waals surface area contributed by atoms with Gasteiger partial charge >= 0.3 is 0 Å². The first-order valence-electron chi connectivity index (χ1n) is 23.3. The topological polar surface area (TPSA) is 19.6 Å². The summed E-state index contributed by atoms with van der Waals surface area (Å²) in [6.07, 6.45) is 0. The summed E-state index contributed by atoms with van der Waals surface area (Å²) in [5, 5.41) is 2.24.